The van der Waals surface area contributed by atoms with Gasteiger partial charge in [-0.05, 0) is 50.4 Å². The van der Waals surface area contributed by atoms with Crippen molar-refractivity contribution in [3.05, 3.63) is 0 Å². The van der Waals surface area contributed by atoms with E-state index in [4.69, 9.17) is 11.6 Å². The van der Waals surface area contributed by atoms with Gasteiger partial charge < -0.3 is 10.2 Å². The van der Waals surface area contributed by atoms with E-state index in [0.717, 1.165) is 25.7 Å². The standard InChI is InChI=1S/C16H27ClN2O2/c17-11-6-8-14(20)13(9-11)18-19-16-12-4-2-1-3-10(12)5-7-15(16)21/h10-16,20-21H,1-9H2. The van der Waals surface area contributed by atoms with Crippen LogP contribution in [0.15, 0.2) is 10.2 Å². The lowest BCUT2D eigenvalue weighted by Gasteiger charge is -2.41. The Bertz CT molecular complexity index is 379. The van der Waals surface area contributed by atoms with Crippen LogP contribution in [0.4, 0.5) is 0 Å². The molecule has 2 N–H and O–H groups in total. The van der Waals surface area contributed by atoms with Crippen molar-refractivity contribution in [3.8, 4) is 0 Å². The SMILES string of the molecule is OC1CCC(Cl)CC1N=NC1C(O)CCC2CCCCC21. The van der Waals surface area contributed by atoms with Crippen molar-refractivity contribution < 1.29 is 10.2 Å². The summed E-state index contributed by atoms with van der Waals surface area (Å²) in [5.41, 5.74) is 0. The monoisotopic (exact) mass is 314 g/mol. The maximum atomic E-state index is 10.3. The van der Waals surface area contributed by atoms with Crippen LogP contribution >= 0.6 is 11.6 Å². The lowest BCUT2D eigenvalue weighted by molar-refractivity contribution is 0.0219. The van der Waals surface area contributed by atoms with Crippen LogP contribution in [0, 0.1) is 11.8 Å². The molecule has 3 aliphatic rings. The lowest BCUT2D eigenvalue weighted by Crippen LogP contribution is -2.43. The van der Waals surface area contributed by atoms with Crippen LogP contribution in [-0.4, -0.2) is 39.9 Å². The number of alkyl halides is 1. The molecule has 3 saturated carbocycles. The van der Waals surface area contributed by atoms with Gasteiger partial charge in [0.15, 0.2) is 0 Å². The Morgan fingerprint density at radius 3 is 2.43 bits per heavy atom. The van der Waals surface area contributed by atoms with Crippen LogP contribution in [0.2, 0.25) is 0 Å². The summed E-state index contributed by atoms with van der Waals surface area (Å²) < 4.78 is 0. The number of hydrogen-bond donors (Lipinski definition) is 2. The number of hydrogen-bond acceptors (Lipinski definition) is 4. The Labute approximate surface area is 132 Å². The fraction of sp³-hybridized carbons (Fsp3) is 1.00. The first kappa shape index (κ1) is 15.7. The van der Waals surface area contributed by atoms with Gasteiger partial charge in [-0.1, -0.05) is 19.3 Å². The van der Waals surface area contributed by atoms with Crippen LogP contribution in [0.3, 0.4) is 0 Å². The topological polar surface area (TPSA) is 65.2 Å². The average Bonchev–Trinajstić information content (AvgIpc) is 2.49. The fourth-order valence-corrected chi connectivity index (χ4v) is 4.72. The second kappa shape index (κ2) is 6.93. The molecule has 3 rings (SSSR count). The highest BCUT2D eigenvalue weighted by Crippen LogP contribution is 2.42. The smallest absolute Gasteiger partial charge is 0.0997 e. The van der Waals surface area contributed by atoms with E-state index in [-0.39, 0.29) is 23.6 Å². The quantitative estimate of drug-likeness (QED) is 0.607. The molecule has 0 aromatic rings. The third kappa shape index (κ3) is 3.59. The zero-order valence-corrected chi connectivity index (χ0v) is 13.3. The minimum atomic E-state index is -0.424. The Morgan fingerprint density at radius 1 is 0.810 bits per heavy atom. The van der Waals surface area contributed by atoms with Crippen molar-refractivity contribution in [3.63, 3.8) is 0 Å². The van der Waals surface area contributed by atoms with Crippen molar-refractivity contribution in [2.24, 2.45) is 22.1 Å². The van der Waals surface area contributed by atoms with E-state index < -0.39 is 6.10 Å². The molecule has 0 aromatic heterocycles. The van der Waals surface area contributed by atoms with Crippen molar-refractivity contribution in [1.29, 1.82) is 0 Å². The van der Waals surface area contributed by atoms with Gasteiger partial charge in [-0.3, -0.25) is 0 Å². The molecule has 21 heavy (non-hydrogen) atoms. The molecule has 7 unspecified atom stereocenters. The summed E-state index contributed by atoms with van der Waals surface area (Å²) >= 11 is 6.18. The van der Waals surface area contributed by atoms with E-state index in [1.165, 1.54) is 19.3 Å². The first-order chi connectivity index (χ1) is 10.1. The highest BCUT2D eigenvalue weighted by atomic mass is 35.5. The van der Waals surface area contributed by atoms with Gasteiger partial charge in [0.1, 0.15) is 0 Å². The minimum absolute atomic E-state index is 0.0630. The van der Waals surface area contributed by atoms with Crippen molar-refractivity contribution >= 4 is 11.6 Å². The number of nitrogens with zero attached hydrogens (tertiary/aromatic N) is 2. The summed E-state index contributed by atoms with van der Waals surface area (Å²) in [6.45, 7) is 0. The van der Waals surface area contributed by atoms with E-state index >= 15 is 0 Å². The number of azo groups is 1. The van der Waals surface area contributed by atoms with Crippen molar-refractivity contribution in [1.82, 2.24) is 0 Å². The predicted molar refractivity (Wildman–Crippen MR) is 82.6 cm³/mol. The summed E-state index contributed by atoms with van der Waals surface area (Å²) in [5, 5.41) is 29.4. The molecule has 3 fully saturated rings. The average molecular weight is 315 g/mol. The fourth-order valence-electron chi connectivity index (χ4n) is 4.42. The molecule has 5 heteroatoms. The van der Waals surface area contributed by atoms with Gasteiger partial charge in [0, 0.05) is 5.38 Å². The zero-order chi connectivity index (χ0) is 14.8. The maximum Gasteiger partial charge on any atom is 0.0997 e. The van der Waals surface area contributed by atoms with Gasteiger partial charge in [-0.15, -0.1) is 11.6 Å². The number of rotatable bonds is 2. The van der Waals surface area contributed by atoms with Crippen LogP contribution in [0.5, 0.6) is 0 Å². The molecule has 0 amide bonds. The Kier molecular flexibility index (Phi) is 5.18. The third-order valence-corrected chi connectivity index (χ3v) is 6.10. The molecular weight excluding hydrogens is 288 g/mol. The minimum Gasteiger partial charge on any atom is -0.391 e. The Morgan fingerprint density at radius 2 is 1.57 bits per heavy atom. The molecule has 0 radical (unpaired) electrons. The first-order valence-corrected chi connectivity index (χ1v) is 8.99. The summed E-state index contributed by atoms with van der Waals surface area (Å²) in [7, 11) is 0. The van der Waals surface area contributed by atoms with E-state index in [9.17, 15) is 10.2 Å². The third-order valence-electron chi connectivity index (χ3n) is 5.70. The molecule has 0 bridgehead atoms. The van der Waals surface area contributed by atoms with Gasteiger partial charge in [0.2, 0.25) is 0 Å². The van der Waals surface area contributed by atoms with Crippen LogP contribution in [-0.2, 0) is 0 Å². The molecule has 0 spiro atoms. The molecular formula is C16H27ClN2O2. The van der Waals surface area contributed by atoms with Crippen LogP contribution in [0.25, 0.3) is 0 Å². The van der Waals surface area contributed by atoms with Gasteiger partial charge in [-0.2, -0.15) is 10.2 Å². The van der Waals surface area contributed by atoms with Crippen LogP contribution < -0.4 is 0 Å². The zero-order valence-electron chi connectivity index (χ0n) is 12.6. The summed E-state index contributed by atoms with van der Waals surface area (Å²) in [5.74, 6) is 1.20. The lowest BCUT2D eigenvalue weighted by atomic mass is 9.67. The summed E-state index contributed by atoms with van der Waals surface area (Å²) in [4.78, 5) is 0. The van der Waals surface area contributed by atoms with Crippen LogP contribution in [0.1, 0.15) is 57.8 Å². The van der Waals surface area contributed by atoms with Gasteiger partial charge in [0.25, 0.3) is 0 Å². The number of aliphatic hydroxyl groups excluding tert-OH is 2. The molecule has 0 aromatic carbocycles. The van der Waals surface area contributed by atoms with Gasteiger partial charge in [0.05, 0.1) is 24.3 Å². The Balaban J connectivity index is 1.67. The molecule has 120 valence electrons. The molecule has 3 aliphatic carbocycles. The van der Waals surface area contributed by atoms with E-state index in [0.29, 0.717) is 24.7 Å². The van der Waals surface area contributed by atoms with Gasteiger partial charge >= 0.3 is 0 Å². The largest absolute Gasteiger partial charge is 0.391 e. The number of aliphatic hydroxyl groups is 2. The maximum absolute atomic E-state index is 10.3. The molecule has 4 nitrogen and oxygen atoms in total. The molecule has 0 saturated heterocycles. The second-order valence-corrected chi connectivity index (χ2v) is 7.74. The van der Waals surface area contributed by atoms with Crippen molar-refractivity contribution in [2.75, 3.05) is 0 Å². The van der Waals surface area contributed by atoms with E-state index in [2.05, 4.69) is 10.2 Å². The van der Waals surface area contributed by atoms with E-state index in [1.807, 2.05) is 0 Å². The van der Waals surface area contributed by atoms with Gasteiger partial charge in [-0.25, -0.2) is 0 Å². The normalized spacial score (nSPS) is 48.2. The molecule has 0 aliphatic heterocycles. The van der Waals surface area contributed by atoms with Crippen molar-refractivity contribution in [2.45, 2.75) is 87.5 Å². The predicted octanol–water partition coefficient (Wildman–Crippen LogP) is 3.29. The first-order valence-electron chi connectivity index (χ1n) is 8.55. The second-order valence-electron chi connectivity index (χ2n) is 7.12. The Hall–Kier alpha value is -0.190. The molecule has 0 heterocycles. The molecule has 7 atom stereocenters. The highest BCUT2D eigenvalue weighted by Gasteiger charge is 2.40. The number of fused-ring (bicyclic) bond motifs is 1. The van der Waals surface area contributed by atoms with E-state index in [1.54, 1.807) is 0 Å². The summed E-state index contributed by atoms with van der Waals surface area (Å²) in [6.07, 6.45) is 8.45. The number of halogens is 1. The highest BCUT2D eigenvalue weighted by molar-refractivity contribution is 6.20. The summed E-state index contributed by atoms with van der Waals surface area (Å²) in [6, 6.07) is -0.246.